The fourth-order valence-electron chi connectivity index (χ4n) is 4.09. The second kappa shape index (κ2) is 25.8. The summed E-state index contributed by atoms with van der Waals surface area (Å²) in [6, 6.07) is 0. The average Bonchev–Trinajstić information content (AvgIpc) is 2.97. The van der Waals surface area contributed by atoms with Gasteiger partial charge in [0.1, 0.15) is 25.4 Å². The second-order valence-electron chi connectivity index (χ2n) is 12.2. The number of amides is 1. The molecule has 0 bridgehead atoms. The third-order valence-corrected chi connectivity index (χ3v) is 7.80. The summed E-state index contributed by atoms with van der Waals surface area (Å²) in [5.41, 5.74) is 0. The van der Waals surface area contributed by atoms with E-state index in [-0.39, 0.29) is 55.1 Å². The van der Waals surface area contributed by atoms with E-state index in [1.807, 2.05) is 21.0 Å². The summed E-state index contributed by atoms with van der Waals surface area (Å²) in [6.45, 7) is 12.3. The first-order chi connectivity index (χ1) is 21.3. The molecule has 0 aliphatic carbocycles. The molecule has 0 fully saturated rings. The Hall–Kier alpha value is -2.34. The maximum atomic E-state index is 12.9. The Morgan fingerprint density at radius 3 is 1.69 bits per heavy atom. The summed E-state index contributed by atoms with van der Waals surface area (Å²) < 4.78 is 21.2. The molecule has 0 aliphatic rings. The van der Waals surface area contributed by atoms with Gasteiger partial charge >= 0.3 is 23.9 Å². The highest BCUT2D eigenvalue weighted by molar-refractivity contribution is 8.13. The highest BCUT2D eigenvalue weighted by atomic mass is 32.2. The van der Waals surface area contributed by atoms with Crippen molar-refractivity contribution in [3.05, 3.63) is 0 Å². The highest BCUT2D eigenvalue weighted by Gasteiger charge is 2.20. The minimum atomic E-state index is -0.568. The Morgan fingerprint density at radius 2 is 1.20 bits per heavy atom. The van der Waals surface area contributed by atoms with Crippen molar-refractivity contribution in [1.29, 1.82) is 0 Å². The van der Waals surface area contributed by atoms with Crippen LogP contribution in [0.25, 0.3) is 0 Å². The van der Waals surface area contributed by atoms with Crippen molar-refractivity contribution < 1.29 is 42.9 Å². The normalized spacial score (nSPS) is 13.2. The first kappa shape index (κ1) is 42.7. The maximum absolute atomic E-state index is 12.9. The standard InChI is InChI=1S/C33H60N2O9S/c1-9-10-11-12-16-26(4)32(39)42-24-28(6)44-30(37)18-14-21-35(33(40)45-22-15-19-34(7)8)20-13-17-29(36)43-27(5)23-41-31(38)25(2)3/h25-28H,9-24H2,1-8H3. The number of ether oxygens (including phenoxy) is 4. The Morgan fingerprint density at radius 1 is 0.667 bits per heavy atom. The molecule has 1 amide bonds. The number of rotatable bonds is 25. The van der Waals surface area contributed by atoms with E-state index in [0.717, 1.165) is 45.1 Å². The molecular weight excluding hydrogens is 600 g/mol. The van der Waals surface area contributed by atoms with Crippen LogP contribution in [0.1, 0.15) is 106 Å². The summed E-state index contributed by atoms with van der Waals surface area (Å²) in [7, 11) is 3.96. The predicted octanol–water partition coefficient (Wildman–Crippen LogP) is 5.87. The van der Waals surface area contributed by atoms with Crippen LogP contribution in [-0.4, -0.2) is 104 Å². The van der Waals surface area contributed by atoms with Crippen molar-refractivity contribution in [2.75, 3.05) is 52.7 Å². The van der Waals surface area contributed by atoms with Crippen LogP contribution < -0.4 is 0 Å². The number of hydrogen-bond donors (Lipinski definition) is 0. The van der Waals surface area contributed by atoms with Crippen molar-refractivity contribution in [3.63, 3.8) is 0 Å². The fraction of sp³-hybridized carbons (Fsp3) is 0.848. The van der Waals surface area contributed by atoms with Crippen LogP contribution in [0.5, 0.6) is 0 Å². The molecule has 0 spiro atoms. The van der Waals surface area contributed by atoms with E-state index in [0.29, 0.717) is 31.7 Å². The highest BCUT2D eigenvalue weighted by Crippen LogP contribution is 2.15. The van der Waals surface area contributed by atoms with Gasteiger partial charge in [0.15, 0.2) is 0 Å². The largest absolute Gasteiger partial charge is 0.462 e. The van der Waals surface area contributed by atoms with Crippen molar-refractivity contribution in [2.24, 2.45) is 11.8 Å². The van der Waals surface area contributed by atoms with Crippen LogP contribution in [0.2, 0.25) is 0 Å². The van der Waals surface area contributed by atoms with Crippen LogP contribution in [-0.2, 0) is 38.1 Å². The molecule has 0 heterocycles. The molecule has 0 saturated heterocycles. The summed E-state index contributed by atoms with van der Waals surface area (Å²) in [5, 5.41) is -0.103. The molecule has 0 rings (SSSR count). The van der Waals surface area contributed by atoms with Crippen LogP contribution in [0.3, 0.4) is 0 Å². The van der Waals surface area contributed by atoms with Crippen LogP contribution in [0.4, 0.5) is 4.79 Å². The zero-order valence-corrected chi connectivity index (χ0v) is 29.9. The van der Waals surface area contributed by atoms with Crippen molar-refractivity contribution in [2.45, 2.75) is 118 Å². The Bertz CT molecular complexity index is 869. The monoisotopic (exact) mass is 660 g/mol. The van der Waals surface area contributed by atoms with Gasteiger partial charge in [-0.2, -0.15) is 0 Å². The Balaban J connectivity index is 4.66. The van der Waals surface area contributed by atoms with Gasteiger partial charge in [-0.3, -0.25) is 24.0 Å². The summed E-state index contributed by atoms with van der Waals surface area (Å²) >= 11 is 1.23. The molecule has 0 aliphatic heterocycles. The van der Waals surface area contributed by atoms with E-state index >= 15 is 0 Å². The summed E-state index contributed by atoms with van der Waals surface area (Å²) in [5.74, 6) is -1.27. The number of carbonyl (C=O) groups excluding carboxylic acids is 5. The number of carbonyl (C=O) groups is 5. The summed E-state index contributed by atoms with van der Waals surface area (Å²) in [4.78, 5) is 65.3. The molecular formula is C33H60N2O9S. The third-order valence-electron chi connectivity index (χ3n) is 6.80. The molecule has 0 N–H and O–H groups in total. The fourth-order valence-corrected chi connectivity index (χ4v) is 4.91. The van der Waals surface area contributed by atoms with E-state index in [4.69, 9.17) is 18.9 Å². The molecule has 0 radical (unpaired) electrons. The lowest BCUT2D eigenvalue weighted by Crippen LogP contribution is -2.31. The lowest BCUT2D eigenvalue weighted by atomic mass is 10.0. The SMILES string of the molecule is CCCCCCC(C)C(=O)OCC(C)OC(=O)CCCN(CCCC(=O)OC(C)COC(=O)C(C)C)C(=O)SCCCN(C)C. The summed E-state index contributed by atoms with van der Waals surface area (Å²) in [6.07, 6.45) is 5.89. The van der Waals surface area contributed by atoms with Crippen LogP contribution in [0.15, 0.2) is 0 Å². The Kier molecular flexibility index (Phi) is 24.5. The first-order valence-corrected chi connectivity index (χ1v) is 17.5. The van der Waals surface area contributed by atoms with Gasteiger partial charge in [-0.15, -0.1) is 0 Å². The first-order valence-electron chi connectivity index (χ1n) is 16.5. The van der Waals surface area contributed by atoms with E-state index < -0.39 is 24.1 Å². The van der Waals surface area contributed by atoms with E-state index in [9.17, 15) is 24.0 Å². The topological polar surface area (TPSA) is 129 Å². The van der Waals surface area contributed by atoms with Crippen LogP contribution >= 0.6 is 11.8 Å². The van der Waals surface area contributed by atoms with Crippen molar-refractivity contribution in [3.8, 4) is 0 Å². The Labute approximate surface area is 275 Å². The van der Waals surface area contributed by atoms with Gasteiger partial charge in [-0.05, 0) is 60.2 Å². The average molecular weight is 661 g/mol. The lowest BCUT2D eigenvalue weighted by Gasteiger charge is -2.22. The molecule has 12 heteroatoms. The maximum Gasteiger partial charge on any atom is 0.308 e. The van der Waals surface area contributed by atoms with E-state index in [2.05, 4.69) is 11.8 Å². The third kappa shape index (κ3) is 23.6. The van der Waals surface area contributed by atoms with Gasteiger partial charge in [0.2, 0.25) is 0 Å². The van der Waals surface area contributed by atoms with Gasteiger partial charge in [-0.25, -0.2) is 0 Å². The van der Waals surface area contributed by atoms with Gasteiger partial charge in [0.05, 0.1) is 11.8 Å². The van der Waals surface area contributed by atoms with E-state index in [1.54, 1.807) is 32.6 Å². The van der Waals surface area contributed by atoms with Gasteiger partial charge in [0.25, 0.3) is 5.24 Å². The predicted molar refractivity (Wildman–Crippen MR) is 177 cm³/mol. The quantitative estimate of drug-likeness (QED) is 0.0663. The molecule has 11 nitrogen and oxygen atoms in total. The number of unbranched alkanes of at least 4 members (excludes halogenated alkanes) is 3. The molecule has 0 saturated carbocycles. The van der Waals surface area contributed by atoms with Gasteiger partial charge < -0.3 is 28.7 Å². The smallest absolute Gasteiger partial charge is 0.308 e. The molecule has 0 aromatic carbocycles. The van der Waals surface area contributed by atoms with E-state index in [1.165, 1.54) is 11.8 Å². The second-order valence-corrected chi connectivity index (χ2v) is 13.3. The molecule has 3 atom stereocenters. The molecule has 45 heavy (non-hydrogen) atoms. The van der Waals surface area contributed by atoms with Gasteiger partial charge in [-0.1, -0.05) is 65.1 Å². The number of esters is 4. The van der Waals surface area contributed by atoms with Crippen LogP contribution in [0, 0.1) is 11.8 Å². The molecule has 3 unspecified atom stereocenters. The number of thioether (sulfide) groups is 1. The zero-order chi connectivity index (χ0) is 34.2. The minimum Gasteiger partial charge on any atom is -0.462 e. The molecule has 262 valence electrons. The molecule has 0 aromatic rings. The van der Waals surface area contributed by atoms with Crippen molar-refractivity contribution in [1.82, 2.24) is 9.80 Å². The number of hydrogen-bond acceptors (Lipinski definition) is 11. The zero-order valence-electron chi connectivity index (χ0n) is 29.1. The van der Waals surface area contributed by atoms with Gasteiger partial charge in [0, 0.05) is 31.7 Å². The number of nitrogens with zero attached hydrogens (tertiary/aromatic N) is 2. The molecule has 0 aromatic heterocycles. The minimum absolute atomic E-state index is 0.00689. The lowest BCUT2D eigenvalue weighted by molar-refractivity contribution is -0.160. The van der Waals surface area contributed by atoms with Crippen molar-refractivity contribution >= 4 is 40.9 Å².